The Hall–Kier alpha value is -1.12. The summed E-state index contributed by atoms with van der Waals surface area (Å²) >= 11 is 0. The van der Waals surface area contributed by atoms with E-state index in [1.807, 2.05) is 38.1 Å². The summed E-state index contributed by atoms with van der Waals surface area (Å²) in [6.07, 6.45) is 0. The normalized spacial score (nSPS) is 21.4. The fourth-order valence-electron chi connectivity index (χ4n) is 1.58. The van der Waals surface area contributed by atoms with Crippen molar-refractivity contribution in [3.05, 3.63) is 40.7 Å². The molecular formula is C10H11NO. The fraction of sp³-hybridized carbons (Fsp3) is 0.200. The second-order valence-corrected chi connectivity index (χ2v) is 3.12. The molecular weight excluding hydrogens is 150 g/mol. The van der Waals surface area contributed by atoms with Gasteiger partial charge in [0.15, 0.2) is 0 Å². The highest BCUT2D eigenvalue weighted by Gasteiger charge is 2.22. The van der Waals surface area contributed by atoms with Crippen LogP contribution in [0.25, 0.3) is 5.57 Å². The third kappa shape index (κ3) is 0.823. The molecule has 0 fully saturated rings. The van der Waals surface area contributed by atoms with Crippen LogP contribution in [0.5, 0.6) is 0 Å². The van der Waals surface area contributed by atoms with Gasteiger partial charge in [-0.05, 0) is 13.0 Å². The van der Waals surface area contributed by atoms with Crippen LogP contribution >= 0.6 is 0 Å². The highest BCUT2D eigenvalue weighted by Crippen LogP contribution is 2.27. The van der Waals surface area contributed by atoms with Crippen molar-refractivity contribution in [2.75, 3.05) is 0 Å². The molecule has 0 bridgehead atoms. The van der Waals surface area contributed by atoms with Gasteiger partial charge in [0.05, 0.1) is 0 Å². The van der Waals surface area contributed by atoms with Crippen molar-refractivity contribution in [1.82, 2.24) is 0 Å². The molecule has 62 valence electrons. The quantitative estimate of drug-likeness (QED) is 0.573. The number of hydrogen-bond acceptors (Lipinski definition) is 1. The van der Waals surface area contributed by atoms with Crippen molar-refractivity contribution in [3.63, 3.8) is 0 Å². The SMILES string of the molecule is CC1=C(C)[NH+]([O-])c2ccccc21. The third-order valence-corrected chi connectivity index (χ3v) is 2.48. The predicted octanol–water partition coefficient (Wildman–Crippen LogP) is 1.47. The number of hydroxylamine groups is 1. The van der Waals surface area contributed by atoms with E-state index in [0.717, 1.165) is 22.5 Å². The van der Waals surface area contributed by atoms with Crippen LogP contribution in [0.2, 0.25) is 0 Å². The van der Waals surface area contributed by atoms with Crippen molar-refractivity contribution >= 4 is 11.3 Å². The van der Waals surface area contributed by atoms with Crippen LogP contribution in [0.3, 0.4) is 0 Å². The molecule has 2 rings (SSSR count). The van der Waals surface area contributed by atoms with Gasteiger partial charge < -0.3 is 10.3 Å². The summed E-state index contributed by atoms with van der Waals surface area (Å²) < 4.78 is 0. The van der Waals surface area contributed by atoms with E-state index < -0.39 is 0 Å². The zero-order valence-corrected chi connectivity index (χ0v) is 7.22. The van der Waals surface area contributed by atoms with E-state index >= 15 is 0 Å². The first kappa shape index (κ1) is 7.53. The lowest BCUT2D eigenvalue weighted by Gasteiger charge is -2.17. The topological polar surface area (TPSA) is 27.5 Å². The summed E-state index contributed by atoms with van der Waals surface area (Å²) in [7, 11) is 0. The Bertz CT molecular complexity index is 355. The molecule has 1 atom stereocenters. The van der Waals surface area contributed by atoms with E-state index in [9.17, 15) is 5.21 Å². The number of benzene rings is 1. The van der Waals surface area contributed by atoms with Gasteiger partial charge in [0, 0.05) is 24.1 Å². The Kier molecular flexibility index (Phi) is 1.53. The Balaban J connectivity index is 2.65. The summed E-state index contributed by atoms with van der Waals surface area (Å²) in [6, 6.07) is 7.76. The van der Waals surface area contributed by atoms with E-state index in [1.165, 1.54) is 0 Å². The van der Waals surface area contributed by atoms with E-state index in [2.05, 4.69) is 0 Å². The Morgan fingerprint density at radius 3 is 2.50 bits per heavy atom. The molecule has 1 aliphatic rings. The first-order valence-electron chi connectivity index (χ1n) is 4.03. The van der Waals surface area contributed by atoms with Gasteiger partial charge in [-0.15, -0.1) is 0 Å². The number of fused-ring (bicyclic) bond motifs is 1. The summed E-state index contributed by atoms with van der Waals surface area (Å²) in [5.74, 6) is 0. The molecule has 0 saturated carbocycles. The minimum absolute atomic E-state index is 0.183. The van der Waals surface area contributed by atoms with Crippen LogP contribution in [-0.2, 0) is 0 Å². The molecule has 0 amide bonds. The van der Waals surface area contributed by atoms with E-state index in [4.69, 9.17) is 0 Å². The van der Waals surface area contributed by atoms with E-state index in [-0.39, 0.29) is 5.06 Å². The van der Waals surface area contributed by atoms with Crippen molar-refractivity contribution in [2.24, 2.45) is 0 Å². The lowest BCUT2D eigenvalue weighted by molar-refractivity contribution is -0.727. The largest absolute Gasteiger partial charge is 0.624 e. The summed E-state index contributed by atoms with van der Waals surface area (Å²) in [5.41, 5.74) is 3.96. The number of hydrogen-bond donors (Lipinski definition) is 1. The molecule has 1 aromatic rings. The van der Waals surface area contributed by atoms with Crippen molar-refractivity contribution in [2.45, 2.75) is 13.8 Å². The lowest BCUT2D eigenvalue weighted by atomic mass is 10.1. The zero-order valence-electron chi connectivity index (χ0n) is 7.22. The maximum absolute atomic E-state index is 11.5. The van der Waals surface area contributed by atoms with Crippen LogP contribution in [0.15, 0.2) is 30.0 Å². The molecule has 2 heteroatoms. The van der Waals surface area contributed by atoms with Gasteiger partial charge in [0.2, 0.25) is 0 Å². The number of para-hydroxylation sites is 1. The zero-order chi connectivity index (χ0) is 8.72. The van der Waals surface area contributed by atoms with Gasteiger partial charge >= 0.3 is 0 Å². The first-order chi connectivity index (χ1) is 5.72. The number of rotatable bonds is 0. The summed E-state index contributed by atoms with van der Waals surface area (Å²) in [6.45, 7) is 3.89. The van der Waals surface area contributed by atoms with Crippen LogP contribution in [0.1, 0.15) is 19.4 Å². The number of allylic oxidation sites excluding steroid dienone is 2. The van der Waals surface area contributed by atoms with Gasteiger partial charge in [0.1, 0.15) is 11.4 Å². The fourth-order valence-corrected chi connectivity index (χ4v) is 1.58. The molecule has 1 unspecified atom stereocenters. The Labute approximate surface area is 71.7 Å². The van der Waals surface area contributed by atoms with Crippen LogP contribution in [0.4, 0.5) is 5.69 Å². The molecule has 2 nitrogen and oxygen atoms in total. The Morgan fingerprint density at radius 2 is 1.83 bits per heavy atom. The van der Waals surface area contributed by atoms with Crippen molar-refractivity contribution in [3.8, 4) is 0 Å². The van der Waals surface area contributed by atoms with Crippen LogP contribution in [0, 0.1) is 5.21 Å². The predicted molar refractivity (Wildman–Crippen MR) is 48.7 cm³/mol. The van der Waals surface area contributed by atoms with Gasteiger partial charge in [-0.3, -0.25) is 0 Å². The molecule has 0 aromatic heterocycles. The molecule has 0 saturated heterocycles. The maximum atomic E-state index is 11.5. The minimum Gasteiger partial charge on any atom is -0.624 e. The molecule has 0 spiro atoms. The molecule has 1 aromatic carbocycles. The molecule has 0 aliphatic carbocycles. The first-order valence-corrected chi connectivity index (χ1v) is 4.03. The van der Waals surface area contributed by atoms with E-state index in [0.29, 0.717) is 0 Å². The highest BCUT2D eigenvalue weighted by atomic mass is 16.5. The monoisotopic (exact) mass is 161 g/mol. The average Bonchev–Trinajstić information content (AvgIpc) is 2.33. The Morgan fingerprint density at radius 1 is 1.17 bits per heavy atom. The van der Waals surface area contributed by atoms with Gasteiger partial charge in [-0.25, -0.2) is 0 Å². The van der Waals surface area contributed by atoms with Gasteiger partial charge in [-0.2, -0.15) is 0 Å². The third-order valence-electron chi connectivity index (χ3n) is 2.48. The van der Waals surface area contributed by atoms with Gasteiger partial charge in [-0.1, -0.05) is 12.1 Å². The number of quaternary nitrogens is 1. The highest BCUT2D eigenvalue weighted by molar-refractivity contribution is 5.75. The summed E-state index contributed by atoms with van der Waals surface area (Å²) in [4.78, 5) is 0. The van der Waals surface area contributed by atoms with Crippen LogP contribution < -0.4 is 5.06 Å². The van der Waals surface area contributed by atoms with Gasteiger partial charge in [0.25, 0.3) is 0 Å². The number of nitrogens with one attached hydrogen (secondary N) is 1. The smallest absolute Gasteiger partial charge is 0.143 e. The standard InChI is InChI=1S/C10H11NO/c1-7-8(2)11(12)10-6-4-3-5-9(7)10/h3-6,11H,1-2H3. The molecule has 1 aliphatic heterocycles. The molecule has 0 radical (unpaired) electrons. The average molecular weight is 161 g/mol. The summed E-state index contributed by atoms with van der Waals surface area (Å²) in [5, 5.41) is 11.7. The van der Waals surface area contributed by atoms with Crippen LogP contribution in [-0.4, -0.2) is 0 Å². The van der Waals surface area contributed by atoms with Crippen molar-refractivity contribution < 1.29 is 5.06 Å². The lowest BCUT2D eigenvalue weighted by Crippen LogP contribution is -2.98. The second kappa shape index (κ2) is 2.44. The molecule has 1 N–H and O–H groups in total. The molecule has 12 heavy (non-hydrogen) atoms. The van der Waals surface area contributed by atoms with E-state index in [1.54, 1.807) is 0 Å². The second-order valence-electron chi connectivity index (χ2n) is 3.12. The van der Waals surface area contributed by atoms with Crippen molar-refractivity contribution in [1.29, 1.82) is 0 Å². The minimum atomic E-state index is 0.183. The molecule has 1 heterocycles. The maximum Gasteiger partial charge on any atom is 0.143 e.